The van der Waals surface area contributed by atoms with E-state index in [0.717, 1.165) is 5.56 Å². The Bertz CT molecular complexity index is 2940. The first-order valence-electron chi connectivity index (χ1n) is 25.0. The monoisotopic (exact) mass is 1080 g/mol. The lowest BCUT2D eigenvalue weighted by atomic mass is 9.72. The van der Waals surface area contributed by atoms with Gasteiger partial charge in [0.2, 0.25) is 17.6 Å². The van der Waals surface area contributed by atoms with Crippen molar-refractivity contribution in [2.24, 2.45) is 11.7 Å². The minimum absolute atomic E-state index is 0.0240. The van der Waals surface area contributed by atoms with Crippen molar-refractivity contribution in [3.63, 3.8) is 0 Å². The van der Waals surface area contributed by atoms with Gasteiger partial charge in [-0.05, 0) is 55.0 Å². The van der Waals surface area contributed by atoms with Crippen molar-refractivity contribution in [1.29, 1.82) is 0 Å². The number of ether oxygens (including phenoxy) is 5. The molecule has 1 fully saturated rings. The Morgan fingerprint density at radius 3 is 2.15 bits per heavy atom. The van der Waals surface area contributed by atoms with E-state index < -0.39 is 144 Å². The van der Waals surface area contributed by atoms with Crippen LogP contribution in [0.1, 0.15) is 107 Å². The number of nitrogens with two attached hydrogens (primary N) is 1. The SMILES string of the molecule is COc1cccc2c1C(=O)c1c(O)c3c(c(O)c1C2=O)CC(O)(C(=O)CO)CC3OC1CC(NC(=O)OCc2ccc(NC(=O)C(CCCNC(N)=O)NC(=O)C(NC(=O)OCc3ccccc3)C(C)C)cc2)C(O)C(C)O1. The lowest BCUT2D eigenvalue weighted by Crippen LogP contribution is -2.56. The van der Waals surface area contributed by atoms with E-state index >= 15 is 0 Å². The molecule has 416 valence electrons. The number of methoxy groups -OCH3 is 1. The van der Waals surface area contributed by atoms with Gasteiger partial charge in [-0.2, -0.15) is 0 Å². The van der Waals surface area contributed by atoms with Crippen LogP contribution in [0.2, 0.25) is 0 Å². The molecule has 24 heteroatoms. The number of amides is 6. The molecule has 1 saturated heterocycles. The number of hydrogen-bond donors (Lipinski definition) is 11. The zero-order valence-electron chi connectivity index (χ0n) is 43.0. The summed E-state index contributed by atoms with van der Waals surface area (Å²) in [5.41, 5.74) is 2.28. The van der Waals surface area contributed by atoms with Gasteiger partial charge in [-0.1, -0.05) is 68.4 Å². The van der Waals surface area contributed by atoms with Gasteiger partial charge in [0, 0.05) is 48.2 Å². The molecule has 2 aliphatic carbocycles. The van der Waals surface area contributed by atoms with Crippen LogP contribution in [0.3, 0.4) is 0 Å². The molecule has 12 N–H and O–H groups in total. The Balaban J connectivity index is 0.988. The number of carbonyl (C=O) groups is 8. The maximum absolute atomic E-state index is 14.1. The van der Waals surface area contributed by atoms with Crippen LogP contribution in [-0.2, 0) is 53.0 Å². The van der Waals surface area contributed by atoms with Crippen molar-refractivity contribution in [2.45, 2.75) is 114 Å². The van der Waals surface area contributed by atoms with Crippen LogP contribution in [-0.4, -0.2) is 135 Å². The highest BCUT2D eigenvalue weighted by molar-refractivity contribution is 6.31. The van der Waals surface area contributed by atoms with Crippen LogP contribution in [0.4, 0.5) is 20.1 Å². The number of ketones is 3. The molecule has 3 aliphatic rings. The molecule has 1 aliphatic heterocycles. The largest absolute Gasteiger partial charge is 0.507 e. The van der Waals surface area contributed by atoms with Gasteiger partial charge in [0.05, 0.1) is 42.0 Å². The van der Waals surface area contributed by atoms with Crippen molar-refractivity contribution >= 4 is 53.1 Å². The molecule has 4 aromatic rings. The fourth-order valence-corrected chi connectivity index (χ4v) is 9.59. The number of carbonyl (C=O) groups excluding carboxylic acids is 8. The standard InChI is InChI=1S/C54H62N6O18/c1-26(2)43(60-53(72)76-24-28-10-6-5-7-11-28)50(69)58-33(13-9-19-56-51(55)70)49(68)57-30-17-15-29(16-18-30)25-75-52(71)59-34-20-38(77-27(3)44(34)63)78-36-22-54(73,37(62)23-61)21-32-40(36)48(67)42-41(46(32)65)45(64)31-12-8-14-35(74-4)39(31)47(42)66/h5-8,10-12,14-18,26-27,33-34,36,38,43-44,61,63,65,67,73H,9,13,19-25H2,1-4H3,(H,57,68)(H,58,69)(H,59,71)(H,60,72)(H3,55,56,70). The highest BCUT2D eigenvalue weighted by Gasteiger charge is 2.50. The number of urea groups is 1. The van der Waals surface area contributed by atoms with Gasteiger partial charge in [0.25, 0.3) is 0 Å². The average Bonchev–Trinajstić information content (AvgIpc) is 3.61. The Morgan fingerprint density at radius 1 is 0.833 bits per heavy atom. The molecule has 24 nitrogen and oxygen atoms in total. The molecule has 78 heavy (non-hydrogen) atoms. The molecule has 8 unspecified atom stereocenters. The minimum atomic E-state index is -2.41. The van der Waals surface area contributed by atoms with Crippen molar-refractivity contribution in [3.8, 4) is 17.2 Å². The van der Waals surface area contributed by atoms with Crippen molar-refractivity contribution in [2.75, 3.05) is 25.6 Å². The first kappa shape index (κ1) is 57.5. The Kier molecular flexibility index (Phi) is 18.4. The third kappa shape index (κ3) is 13.0. The molecule has 1 heterocycles. The van der Waals surface area contributed by atoms with Crippen molar-refractivity contribution in [1.82, 2.24) is 21.3 Å². The zero-order chi connectivity index (χ0) is 56.6. The summed E-state index contributed by atoms with van der Waals surface area (Å²) in [6.07, 6.45) is -8.42. The van der Waals surface area contributed by atoms with Gasteiger partial charge < -0.3 is 81.5 Å². The average molecular weight is 1080 g/mol. The molecule has 4 aromatic carbocycles. The number of hydrogen-bond acceptors (Lipinski definition) is 18. The van der Waals surface area contributed by atoms with Gasteiger partial charge in [-0.15, -0.1) is 0 Å². The summed E-state index contributed by atoms with van der Waals surface area (Å²) in [6.45, 7) is 3.53. The third-order valence-electron chi connectivity index (χ3n) is 13.7. The van der Waals surface area contributed by atoms with Crippen LogP contribution >= 0.6 is 0 Å². The highest BCUT2D eigenvalue weighted by Crippen LogP contribution is 2.52. The second kappa shape index (κ2) is 24.9. The molecule has 6 amide bonds. The third-order valence-corrected chi connectivity index (χ3v) is 13.7. The van der Waals surface area contributed by atoms with E-state index in [2.05, 4.69) is 26.6 Å². The Labute approximate surface area is 446 Å². The number of fused-ring (bicyclic) bond motifs is 3. The van der Waals surface area contributed by atoms with Gasteiger partial charge in [-0.3, -0.25) is 24.0 Å². The fraction of sp³-hybridized carbons (Fsp3) is 0.407. The quantitative estimate of drug-likeness (QED) is 0.0394. The number of aliphatic hydroxyl groups excluding tert-OH is 2. The van der Waals surface area contributed by atoms with E-state index in [0.29, 0.717) is 11.3 Å². The number of primary amides is 1. The molecular formula is C54H62N6O18. The van der Waals surface area contributed by atoms with Gasteiger partial charge in [0.1, 0.15) is 60.9 Å². The fourth-order valence-electron chi connectivity index (χ4n) is 9.59. The number of aromatic hydroxyl groups is 2. The number of aliphatic hydroxyl groups is 3. The summed E-state index contributed by atoms with van der Waals surface area (Å²) in [4.78, 5) is 105. The Morgan fingerprint density at radius 2 is 1.50 bits per heavy atom. The lowest BCUT2D eigenvalue weighted by molar-refractivity contribution is -0.249. The zero-order valence-corrected chi connectivity index (χ0v) is 43.0. The topological polar surface area (TPSA) is 370 Å². The van der Waals surface area contributed by atoms with Crippen LogP contribution in [0, 0.1) is 5.92 Å². The minimum Gasteiger partial charge on any atom is -0.507 e. The highest BCUT2D eigenvalue weighted by atomic mass is 16.7. The van der Waals surface area contributed by atoms with Gasteiger partial charge in [0.15, 0.2) is 17.9 Å². The van der Waals surface area contributed by atoms with Gasteiger partial charge >= 0.3 is 18.2 Å². The first-order chi connectivity index (χ1) is 37.1. The van der Waals surface area contributed by atoms with E-state index in [4.69, 9.17) is 29.4 Å². The molecule has 0 saturated carbocycles. The maximum Gasteiger partial charge on any atom is 0.408 e. The molecule has 0 bridgehead atoms. The number of rotatable bonds is 20. The lowest BCUT2D eigenvalue weighted by Gasteiger charge is -2.42. The summed E-state index contributed by atoms with van der Waals surface area (Å²) < 4.78 is 28.3. The number of phenolic OH excluding ortho intramolecular Hbond substituents is 2. The molecular weight excluding hydrogens is 1020 g/mol. The maximum atomic E-state index is 14.1. The summed E-state index contributed by atoms with van der Waals surface area (Å²) in [7, 11) is 1.28. The predicted octanol–water partition coefficient (Wildman–Crippen LogP) is 2.79. The molecule has 0 aromatic heterocycles. The number of anilines is 1. The van der Waals surface area contributed by atoms with Crippen LogP contribution in [0.25, 0.3) is 0 Å². The second-order valence-corrected chi connectivity index (χ2v) is 19.4. The van der Waals surface area contributed by atoms with E-state index in [-0.39, 0.29) is 67.0 Å². The van der Waals surface area contributed by atoms with E-state index in [1.807, 2.05) is 6.07 Å². The van der Waals surface area contributed by atoms with Crippen LogP contribution in [0.15, 0.2) is 72.8 Å². The normalized spacial score (nSPS) is 21.1. The smallest absolute Gasteiger partial charge is 0.408 e. The number of nitrogens with one attached hydrogen (secondary N) is 5. The first-order valence-corrected chi connectivity index (χ1v) is 25.0. The summed E-state index contributed by atoms with van der Waals surface area (Å²) in [5.74, 6) is -6.05. The summed E-state index contributed by atoms with van der Waals surface area (Å²) in [6, 6.07) is 15.2. The van der Waals surface area contributed by atoms with Crippen molar-refractivity contribution in [3.05, 3.63) is 117 Å². The van der Waals surface area contributed by atoms with Gasteiger partial charge in [-0.25, -0.2) is 14.4 Å². The van der Waals surface area contributed by atoms with E-state index in [9.17, 15) is 63.9 Å². The summed E-state index contributed by atoms with van der Waals surface area (Å²) in [5, 5.41) is 69.2. The number of Topliss-reactive ketones (excluding diaryl/α,β-unsaturated/α-hetero) is 1. The molecule has 8 atom stereocenters. The molecule has 0 radical (unpaired) electrons. The molecule has 7 rings (SSSR count). The van der Waals surface area contributed by atoms with E-state index in [1.54, 1.807) is 50.2 Å². The number of alkyl carbamates (subject to hydrolysis) is 2. The molecule has 0 spiro atoms. The van der Waals surface area contributed by atoms with E-state index in [1.165, 1.54) is 44.4 Å². The van der Waals surface area contributed by atoms with Crippen molar-refractivity contribution < 1.29 is 87.6 Å². The Hall–Kier alpha value is -8.16. The predicted molar refractivity (Wildman–Crippen MR) is 273 cm³/mol. The van der Waals surface area contributed by atoms with Crippen LogP contribution in [0.5, 0.6) is 17.2 Å². The summed E-state index contributed by atoms with van der Waals surface area (Å²) >= 11 is 0. The number of phenols is 2. The van der Waals surface area contributed by atoms with Crippen LogP contribution < -0.4 is 37.1 Å². The number of benzene rings is 4. The second-order valence-electron chi connectivity index (χ2n) is 19.4.